The number of anilines is 1. The Morgan fingerprint density at radius 3 is 2.75 bits per heavy atom. The predicted octanol–water partition coefficient (Wildman–Crippen LogP) is 3.15. The fourth-order valence-electron chi connectivity index (χ4n) is 2.82. The Hall–Kier alpha value is -3.33. The predicted molar refractivity (Wildman–Crippen MR) is 88.4 cm³/mol. The fraction of sp³-hybridized carbons (Fsp3) is 0.167. The molecule has 0 atom stereocenters. The molecule has 1 aromatic carbocycles. The van der Waals surface area contributed by atoms with Gasteiger partial charge in [-0.15, -0.1) is 0 Å². The number of furan rings is 1. The Morgan fingerprint density at radius 1 is 1.12 bits per heavy atom. The largest absolute Gasteiger partial charge is 0.467 e. The van der Waals surface area contributed by atoms with Crippen LogP contribution in [-0.2, 0) is 19.6 Å². The number of fused-ring (bicyclic) bond motifs is 1. The van der Waals surface area contributed by atoms with E-state index >= 15 is 0 Å². The van der Waals surface area contributed by atoms with E-state index < -0.39 is 0 Å². The van der Waals surface area contributed by atoms with E-state index in [1.54, 1.807) is 11.2 Å². The Balaban J connectivity index is 1.70. The van der Waals surface area contributed by atoms with Gasteiger partial charge in [0.1, 0.15) is 5.76 Å². The van der Waals surface area contributed by atoms with Gasteiger partial charge < -0.3 is 14.6 Å². The molecule has 0 aliphatic carbocycles. The number of nitrogens with zero attached hydrogens (tertiary/aromatic N) is 4. The van der Waals surface area contributed by atoms with Crippen molar-refractivity contribution in [3.63, 3.8) is 0 Å². The number of hydrogen-bond donors (Lipinski definition) is 1. The molecule has 0 bridgehead atoms. The van der Waals surface area contributed by atoms with Gasteiger partial charge in [0.2, 0.25) is 5.95 Å². The van der Waals surface area contributed by atoms with E-state index in [0.717, 1.165) is 28.3 Å². The molecule has 1 N–H and O–H groups in total. The summed E-state index contributed by atoms with van der Waals surface area (Å²) in [7, 11) is 0. The second-order valence-electron chi connectivity index (χ2n) is 5.58. The average molecular weight is 317 g/mol. The van der Waals surface area contributed by atoms with Crippen LogP contribution in [0.4, 0.5) is 5.95 Å². The lowest BCUT2D eigenvalue weighted by molar-refractivity contribution is 0.415. The second-order valence-corrected chi connectivity index (χ2v) is 5.58. The van der Waals surface area contributed by atoms with E-state index in [1.165, 1.54) is 0 Å². The molecule has 2 aromatic heterocycles. The fourth-order valence-corrected chi connectivity index (χ4v) is 2.82. The molecule has 24 heavy (non-hydrogen) atoms. The quantitative estimate of drug-likeness (QED) is 0.745. The van der Waals surface area contributed by atoms with Crippen LogP contribution in [0.25, 0.3) is 11.3 Å². The van der Waals surface area contributed by atoms with E-state index in [-0.39, 0.29) is 0 Å². The van der Waals surface area contributed by atoms with E-state index in [2.05, 4.69) is 21.5 Å². The third-order valence-corrected chi connectivity index (χ3v) is 3.97. The molecule has 6 nitrogen and oxygen atoms in total. The molecule has 0 saturated carbocycles. The molecule has 1 aliphatic heterocycles. The first kappa shape index (κ1) is 14.3. The summed E-state index contributed by atoms with van der Waals surface area (Å²) in [5, 5.41) is 12.4. The van der Waals surface area contributed by atoms with Crippen molar-refractivity contribution in [3.8, 4) is 17.5 Å². The molecule has 0 spiro atoms. The molecule has 0 saturated heterocycles. The maximum Gasteiger partial charge on any atom is 0.223 e. The zero-order valence-corrected chi connectivity index (χ0v) is 12.9. The van der Waals surface area contributed by atoms with Gasteiger partial charge >= 0.3 is 0 Å². The van der Waals surface area contributed by atoms with Gasteiger partial charge in [-0.1, -0.05) is 30.3 Å². The summed E-state index contributed by atoms with van der Waals surface area (Å²) in [6, 6.07) is 13.7. The molecule has 6 heteroatoms. The lowest BCUT2D eigenvalue weighted by atomic mass is 10.1. The van der Waals surface area contributed by atoms with Gasteiger partial charge in [0.25, 0.3) is 0 Å². The van der Waals surface area contributed by atoms with Crippen LogP contribution in [0.15, 0.2) is 53.1 Å². The minimum atomic E-state index is 0.516. The Kier molecular flexibility index (Phi) is 3.60. The number of aromatic nitrogens is 2. The third kappa shape index (κ3) is 2.68. The molecule has 0 amide bonds. The smallest absolute Gasteiger partial charge is 0.223 e. The third-order valence-electron chi connectivity index (χ3n) is 3.97. The molecule has 4 rings (SSSR count). The zero-order chi connectivity index (χ0) is 16.4. The molecule has 0 radical (unpaired) electrons. The van der Waals surface area contributed by atoms with Crippen molar-refractivity contribution in [2.45, 2.75) is 19.6 Å². The summed E-state index contributed by atoms with van der Waals surface area (Å²) in [4.78, 5) is 10.9. The van der Waals surface area contributed by atoms with Crippen LogP contribution in [0, 0.1) is 11.5 Å². The minimum Gasteiger partial charge on any atom is -0.467 e. The average Bonchev–Trinajstić information content (AvgIpc) is 3.29. The monoisotopic (exact) mass is 317 g/mol. The van der Waals surface area contributed by atoms with Gasteiger partial charge in [0.15, 0.2) is 6.19 Å². The van der Waals surface area contributed by atoms with Gasteiger partial charge in [-0.05, 0) is 12.1 Å². The van der Waals surface area contributed by atoms with Crippen molar-refractivity contribution in [1.82, 2.24) is 14.9 Å². The standard InChI is InChI=1S/C18H15N5O/c19-12-23-10-15-16(11-23)21-18(20-9-14-7-4-8-24-14)22-17(15)13-5-2-1-3-6-13/h1-8H,9-11H2,(H,20,21,22). The summed E-state index contributed by atoms with van der Waals surface area (Å²) in [6.07, 6.45) is 3.83. The minimum absolute atomic E-state index is 0.516. The molecule has 0 unspecified atom stereocenters. The van der Waals surface area contributed by atoms with Crippen LogP contribution < -0.4 is 5.32 Å². The Morgan fingerprint density at radius 2 is 2.00 bits per heavy atom. The topological polar surface area (TPSA) is 78.0 Å². The molecule has 118 valence electrons. The maximum absolute atomic E-state index is 9.20. The summed E-state index contributed by atoms with van der Waals surface area (Å²) < 4.78 is 5.33. The van der Waals surface area contributed by atoms with E-state index in [9.17, 15) is 5.26 Å². The van der Waals surface area contributed by atoms with E-state index in [4.69, 9.17) is 4.42 Å². The number of rotatable bonds is 4. The van der Waals surface area contributed by atoms with Gasteiger partial charge in [-0.25, -0.2) is 9.97 Å². The first-order chi connectivity index (χ1) is 11.8. The van der Waals surface area contributed by atoms with Crippen molar-refractivity contribution < 1.29 is 4.42 Å². The number of benzene rings is 1. The summed E-state index contributed by atoms with van der Waals surface area (Å²) in [6.45, 7) is 1.58. The van der Waals surface area contributed by atoms with Crippen LogP contribution in [-0.4, -0.2) is 14.9 Å². The van der Waals surface area contributed by atoms with Gasteiger partial charge in [0, 0.05) is 11.1 Å². The van der Waals surface area contributed by atoms with E-state index in [0.29, 0.717) is 25.6 Å². The van der Waals surface area contributed by atoms with Gasteiger partial charge in [-0.2, -0.15) is 5.26 Å². The van der Waals surface area contributed by atoms with Crippen LogP contribution in [0.5, 0.6) is 0 Å². The van der Waals surface area contributed by atoms with Crippen molar-refractivity contribution in [2.24, 2.45) is 0 Å². The van der Waals surface area contributed by atoms with Crippen LogP contribution in [0.2, 0.25) is 0 Å². The van der Waals surface area contributed by atoms with Crippen molar-refractivity contribution in [3.05, 3.63) is 65.7 Å². The van der Waals surface area contributed by atoms with Crippen molar-refractivity contribution in [2.75, 3.05) is 5.32 Å². The molecule has 1 aliphatic rings. The van der Waals surface area contributed by atoms with Gasteiger partial charge in [-0.3, -0.25) is 0 Å². The summed E-state index contributed by atoms with van der Waals surface area (Å²) in [5.41, 5.74) is 3.82. The first-order valence-corrected chi connectivity index (χ1v) is 7.69. The first-order valence-electron chi connectivity index (χ1n) is 7.69. The lowest BCUT2D eigenvalue weighted by Gasteiger charge is -2.10. The van der Waals surface area contributed by atoms with Gasteiger partial charge in [0.05, 0.1) is 37.3 Å². The highest BCUT2D eigenvalue weighted by molar-refractivity contribution is 5.66. The SMILES string of the molecule is N#CN1Cc2nc(NCc3ccco3)nc(-c3ccccc3)c2C1. The van der Waals surface area contributed by atoms with E-state index in [1.807, 2.05) is 42.5 Å². The molecular formula is C18H15N5O. The highest BCUT2D eigenvalue weighted by atomic mass is 16.3. The highest BCUT2D eigenvalue weighted by Crippen LogP contribution is 2.31. The Labute approximate surface area is 139 Å². The number of nitrogens with one attached hydrogen (secondary N) is 1. The summed E-state index contributed by atoms with van der Waals surface area (Å²) >= 11 is 0. The normalized spacial score (nSPS) is 12.7. The highest BCUT2D eigenvalue weighted by Gasteiger charge is 2.25. The van der Waals surface area contributed by atoms with Crippen LogP contribution >= 0.6 is 0 Å². The van der Waals surface area contributed by atoms with Crippen LogP contribution in [0.3, 0.4) is 0 Å². The molecule has 3 aromatic rings. The lowest BCUT2D eigenvalue weighted by Crippen LogP contribution is -2.07. The molecular weight excluding hydrogens is 302 g/mol. The summed E-state index contributed by atoms with van der Waals surface area (Å²) in [5.74, 6) is 1.36. The molecule has 0 fully saturated rings. The Bertz CT molecular complexity index is 884. The zero-order valence-electron chi connectivity index (χ0n) is 12.9. The van der Waals surface area contributed by atoms with Crippen molar-refractivity contribution >= 4 is 5.95 Å². The number of hydrogen-bond acceptors (Lipinski definition) is 6. The number of nitriles is 1. The second kappa shape index (κ2) is 6.05. The van der Waals surface area contributed by atoms with Crippen molar-refractivity contribution in [1.29, 1.82) is 5.26 Å². The molecule has 3 heterocycles. The maximum atomic E-state index is 9.20. The van der Waals surface area contributed by atoms with Crippen LogP contribution in [0.1, 0.15) is 17.0 Å².